The van der Waals surface area contributed by atoms with Gasteiger partial charge >= 0.3 is 5.97 Å². The van der Waals surface area contributed by atoms with Gasteiger partial charge in [-0.3, -0.25) is 0 Å². The molecule has 0 fully saturated rings. The summed E-state index contributed by atoms with van der Waals surface area (Å²) < 4.78 is 16.8. The van der Waals surface area contributed by atoms with Crippen molar-refractivity contribution in [2.24, 2.45) is 0 Å². The second kappa shape index (κ2) is 8.49. The standard InChI is InChI=1S/C19H30O4Si/c1-15(14-22-24(6,7)19(2,3)4)23-17-11-9-8-10-16(17)12-13-18(20)21-5/h8-13,15H,14H2,1-7H3/b13-12+/t15-/m0/s1. The summed E-state index contributed by atoms with van der Waals surface area (Å²) in [5.74, 6) is 0.336. The molecule has 5 heteroatoms. The van der Waals surface area contributed by atoms with Crippen molar-refractivity contribution in [1.82, 2.24) is 0 Å². The number of carbonyl (C=O) groups is 1. The summed E-state index contributed by atoms with van der Waals surface area (Å²) >= 11 is 0. The van der Waals surface area contributed by atoms with Crippen molar-refractivity contribution in [2.75, 3.05) is 13.7 Å². The topological polar surface area (TPSA) is 44.8 Å². The third-order valence-electron chi connectivity index (χ3n) is 4.33. The van der Waals surface area contributed by atoms with Crippen LogP contribution in [0.3, 0.4) is 0 Å². The van der Waals surface area contributed by atoms with Crippen LogP contribution in [0.25, 0.3) is 6.08 Å². The Bertz CT molecular complexity index is 573. The van der Waals surface area contributed by atoms with Crippen molar-refractivity contribution in [2.45, 2.75) is 51.9 Å². The van der Waals surface area contributed by atoms with E-state index in [0.29, 0.717) is 6.61 Å². The molecule has 1 rings (SSSR count). The van der Waals surface area contributed by atoms with E-state index < -0.39 is 8.32 Å². The molecule has 4 nitrogen and oxygen atoms in total. The van der Waals surface area contributed by atoms with E-state index in [0.717, 1.165) is 11.3 Å². The van der Waals surface area contributed by atoms with E-state index in [1.54, 1.807) is 6.08 Å². The van der Waals surface area contributed by atoms with E-state index in [-0.39, 0.29) is 17.1 Å². The number of carbonyl (C=O) groups excluding carboxylic acids is 1. The van der Waals surface area contributed by atoms with Crippen molar-refractivity contribution >= 4 is 20.4 Å². The molecule has 0 aromatic heterocycles. The lowest BCUT2D eigenvalue weighted by Gasteiger charge is -2.37. The number of para-hydroxylation sites is 1. The Hall–Kier alpha value is -1.59. The highest BCUT2D eigenvalue weighted by atomic mass is 28.4. The Morgan fingerprint density at radius 3 is 2.46 bits per heavy atom. The normalized spacial score (nSPS) is 13.8. The molecule has 1 aromatic rings. The third kappa shape index (κ3) is 6.13. The fraction of sp³-hybridized carbons (Fsp3) is 0.526. The summed E-state index contributed by atoms with van der Waals surface area (Å²) in [4.78, 5) is 11.3. The average Bonchev–Trinajstić information content (AvgIpc) is 2.50. The number of hydrogen-bond donors (Lipinski definition) is 0. The van der Waals surface area contributed by atoms with Crippen molar-refractivity contribution in [3.05, 3.63) is 35.9 Å². The van der Waals surface area contributed by atoms with E-state index in [9.17, 15) is 4.79 Å². The van der Waals surface area contributed by atoms with Crippen LogP contribution in [0.15, 0.2) is 30.3 Å². The molecule has 0 aliphatic rings. The number of esters is 1. The second-order valence-corrected chi connectivity index (χ2v) is 12.2. The van der Waals surface area contributed by atoms with Gasteiger partial charge < -0.3 is 13.9 Å². The highest BCUT2D eigenvalue weighted by Gasteiger charge is 2.37. The number of rotatable bonds is 7. The van der Waals surface area contributed by atoms with Gasteiger partial charge in [0.2, 0.25) is 0 Å². The third-order valence-corrected chi connectivity index (χ3v) is 8.83. The minimum Gasteiger partial charge on any atom is -0.488 e. The van der Waals surface area contributed by atoms with Crippen LogP contribution < -0.4 is 4.74 Å². The highest BCUT2D eigenvalue weighted by molar-refractivity contribution is 6.74. The van der Waals surface area contributed by atoms with Crippen LogP contribution in [0.5, 0.6) is 5.75 Å². The molecule has 0 saturated carbocycles. The van der Waals surface area contributed by atoms with Gasteiger partial charge in [0.15, 0.2) is 8.32 Å². The summed E-state index contributed by atoms with van der Waals surface area (Å²) in [7, 11) is -0.432. The number of hydrogen-bond acceptors (Lipinski definition) is 4. The van der Waals surface area contributed by atoms with Crippen molar-refractivity contribution in [1.29, 1.82) is 0 Å². The molecule has 0 N–H and O–H groups in total. The predicted molar refractivity (Wildman–Crippen MR) is 101 cm³/mol. The molecule has 0 saturated heterocycles. The summed E-state index contributed by atoms with van der Waals surface area (Å²) in [5.41, 5.74) is 0.835. The van der Waals surface area contributed by atoms with Crippen molar-refractivity contribution in [3.8, 4) is 5.75 Å². The summed E-state index contributed by atoms with van der Waals surface area (Å²) in [6.07, 6.45) is 3.01. The zero-order chi connectivity index (χ0) is 18.4. The van der Waals surface area contributed by atoms with Gasteiger partial charge in [-0.25, -0.2) is 4.79 Å². The van der Waals surface area contributed by atoms with E-state index in [1.807, 2.05) is 31.2 Å². The maximum absolute atomic E-state index is 11.3. The van der Waals surface area contributed by atoms with Crippen LogP contribution in [0.1, 0.15) is 33.3 Å². The average molecular weight is 351 g/mol. The molecule has 0 amide bonds. The second-order valence-electron chi connectivity index (χ2n) is 7.39. The first-order valence-electron chi connectivity index (χ1n) is 8.22. The van der Waals surface area contributed by atoms with Gasteiger partial charge in [-0.15, -0.1) is 0 Å². The minimum absolute atomic E-state index is 0.0770. The molecule has 134 valence electrons. The van der Waals surface area contributed by atoms with Crippen molar-refractivity contribution in [3.63, 3.8) is 0 Å². The zero-order valence-electron chi connectivity index (χ0n) is 15.9. The van der Waals surface area contributed by atoms with Crippen LogP contribution in [-0.2, 0) is 14.0 Å². The molecule has 0 spiro atoms. The van der Waals surface area contributed by atoms with E-state index >= 15 is 0 Å². The maximum Gasteiger partial charge on any atom is 0.330 e. The summed E-state index contributed by atoms with van der Waals surface area (Å²) in [5, 5.41) is 0.174. The Kier molecular flexibility index (Phi) is 7.23. The van der Waals surface area contributed by atoms with E-state index in [4.69, 9.17) is 9.16 Å². The fourth-order valence-electron chi connectivity index (χ4n) is 1.74. The first kappa shape index (κ1) is 20.5. The first-order valence-corrected chi connectivity index (χ1v) is 11.1. The summed E-state index contributed by atoms with van der Waals surface area (Å²) in [6.45, 7) is 13.7. The van der Waals surface area contributed by atoms with E-state index in [2.05, 4.69) is 38.6 Å². The molecule has 1 aromatic carbocycles. The Balaban J connectivity index is 2.73. The highest BCUT2D eigenvalue weighted by Crippen LogP contribution is 2.36. The first-order chi connectivity index (χ1) is 11.1. The lowest BCUT2D eigenvalue weighted by molar-refractivity contribution is -0.134. The molecular formula is C19H30O4Si. The van der Waals surface area contributed by atoms with Crippen LogP contribution >= 0.6 is 0 Å². The molecule has 0 radical (unpaired) electrons. The van der Waals surface area contributed by atoms with Crippen LogP contribution in [0.4, 0.5) is 0 Å². The van der Waals surface area contributed by atoms with Gasteiger partial charge in [0, 0.05) is 11.6 Å². The Labute approximate surface area is 146 Å². The van der Waals surface area contributed by atoms with Gasteiger partial charge in [0.25, 0.3) is 0 Å². The van der Waals surface area contributed by atoms with Gasteiger partial charge in [-0.2, -0.15) is 0 Å². The van der Waals surface area contributed by atoms with Gasteiger partial charge in [-0.1, -0.05) is 39.0 Å². The fourth-order valence-corrected chi connectivity index (χ4v) is 2.83. The van der Waals surface area contributed by atoms with Crippen molar-refractivity contribution < 1.29 is 18.7 Å². The smallest absolute Gasteiger partial charge is 0.330 e. The molecule has 0 unspecified atom stereocenters. The molecule has 24 heavy (non-hydrogen) atoms. The van der Waals surface area contributed by atoms with Gasteiger partial charge in [0.05, 0.1) is 13.7 Å². The SMILES string of the molecule is COC(=O)/C=C/c1ccccc1O[C@@H](C)CO[Si](C)(C)C(C)(C)C. The minimum atomic E-state index is -1.79. The lowest BCUT2D eigenvalue weighted by atomic mass is 10.2. The largest absolute Gasteiger partial charge is 0.488 e. The molecule has 1 atom stereocenters. The summed E-state index contributed by atoms with van der Waals surface area (Å²) in [6, 6.07) is 7.60. The molecule has 0 bridgehead atoms. The van der Waals surface area contributed by atoms with Crippen LogP contribution in [-0.4, -0.2) is 34.1 Å². The molecule has 0 heterocycles. The van der Waals surface area contributed by atoms with Gasteiger partial charge in [0.1, 0.15) is 11.9 Å². The molecular weight excluding hydrogens is 320 g/mol. The molecule has 0 aliphatic carbocycles. The zero-order valence-corrected chi connectivity index (χ0v) is 16.9. The van der Waals surface area contributed by atoms with Crippen LogP contribution in [0.2, 0.25) is 18.1 Å². The predicted octanol–water partition coefficient (Wildman–Crippen LogP) is 4.66. The Morgan fingerprint density at radius 2 is 1.88 bits per heavy atom. The molecule has 0 aliphatic heterocycles. The number of benzene rings is 1. The number of methoxy groups -OCH3 is 1. The number of ether oxygens (including phenoxy) is 2. The lowest BCUT2D eigenvalue weighted by Crippen LogP contribution is -2.43. The quantitative estimate of drug-likeness (QED) is 0.407. The monoisotopic (exact) mass is 350 g/mol. The van der Waals surface area contributed by atoms with E-state index in [1.165, 1.54) is 13.2 Å². The van der Waals surface area contributed by atoms with Gasteiger partial charge in [-0.05, 0) is 37.2 Å². The maximum atomic E-state index is 11.3. The van der Waals surface area contributed by atoms with Crippen LogP contribution in [0, 0.1) is 0 Å². The Morgan fingerprint density at radius 1 is 1.25 bits per heavy atom.